The minimum Gasteiger partial charge on any atom is -0.303 e. The molecule has 1 aromatic heterocycles. The second kappa shape index (κ2) is 4.12. The third-order valence-electron chi connectivity index (χ3n) is 5.43. The maximum atomic E-state index is 13.5. The lowest BCUT2D eigenvalue weighted by Gasteiger charge is -2.50. The molecule has 3 aliphatic carbocycles. The van der Waals surface area contributed by atoms with Gasteiger partial charge in [-0.25, -0.2) is 0 Å². The Hall–Kier alpha value is -1.26. The van der Waals surface area contributed by atoms with Crippen LogP contribution in [0.2, 0.25) is 0 Å². The molecular weight excluding hydrogens is 262 g/mol. The van der Waals surface area contributed by atoms with Gasteiger partial charge in [-0.15, -0.1) is 0 Å². The zero-order valence-electron chi connectivity index (χ0n) is 12.0. The van der Waals surface area contributed by atoms with Gasteiger partial charge in [0.2, 0.25) is 0 Å². The van der Waals surface area contributed by atoms with Crippen LogP contribution in [0.5, 0.6) is 0 Å². The molecule has 4 rings (SSSR count). The fraction of sp³-hybridized carbons (Fsp3) is 0.733. The first-order chi connectivity index (χ1) is 9.30. The molecule has 0 atom stereocenters. The number of alkyl halides is 2. The molecule has 1 heterocycles. The first-order valence-corrected chi connectivity index (χ1v) is 7.20. The number of hydrogen-bond donors (Lipinski definition) is 0. The van der Waals surface area contributed by atoms with E-state index < -0.39 is 5.92 Å². The highest BCUT2D eigenvalue weighted by Gasteiger charge is 2.50. The quantitative estimate of drug-likeness (QED) is 0.797. The van der Waals surface area contributed by atoms with Crippen molar-refractivity contribution in [2.24, 2.45) is 12.5 Å². The zero-order chi connectivity index (χ0) is 14.6. The Morgan fingerprint density at radius 1 is 1.25 bits per heavy atom. The molecule has 0 radical (unpaired) electrons. The van der Waals surface area contributed by atoms with E-state index in [0.717, 1.165) is 57.4 Å². The van der Waals surface area contributed by atoms with E-state index in [4.69, 9.17) is 0 Å². The van der Waals surface area contributed by atoms with Crippen molar-refractivity contribution in [1.82, 2.24) is 9.78 Å². The van der Waals surface area contributed by atoms with Gasteiger partial charge in [0.05, 0.1) is 5.69 Å². The van der Waals surface area contributed by atoms with Crippen molar-refractivity contribution >= 4 is 6.29 Å². The minimum absolute atomic E-state index is 0.0281. The summed E-state index contributed by atoms with van der Waals surface area (Å²) in [5.41, 5.74) is 0.524. The van der Waals surface area contributed by atoms with Gasteiger partial charge in [0.25, 0.3) is 5.92 Å². The summed E-state index contributed by atoms with van der Waals surface area (Å²) < 4.78 is 28.4. The van der Waals surface area contributed by atoms with Crippen LogP contribution < -0.4 is 0 Å². The fourth-order valence-electron chi connectivity index (χ4n) is 3.91. The Balaban J connectivity index is 1.93. The standard InChI is InChI=1S/C15H20F2N2O/c1-13(16,17)12-9-11(18-19(12)2)15-6-3-14(10-20,4-7-15)5-8-15/h9-10H,3-8H2,1-2H3. The molecule has 0 N–H and O–H groups in total. The third kappa shape index (κ3) is 1.90. The van der Waals surface area contributed by atoms with Gasteiger partial charge in [-0.2, -0.15) is 13.9 Å². The van der Waals surface area contributed by atoms with Crippen molar-refractivity contribution in [3.63, 3.8) is 0 Å². The smallest absolute Gasteiger partial charge is 0.286 e. The predicted octanol–water partition coefficient (Wildman–Crippen LogP) is 3.32. The number of fused-ring (bicyclic) bond motifs is 3. The third-order valence-corrected chi connectivity index (χ3v) is 5.43. The molecule has 110 valence electrons. The monoisotopic (exact) mass is 282 g/mol. The number of carbonyl (C=O) groups is 1. The lowest BCUT2D eigenvalue weighted by Crippen LogP contribution is -2.45. The Morgan fingerprint density at radius 2 is 1.80 bits per heavy atom. The summed E-state index contributed by atoms with van der Waals surface area (Å²) in [4.78, 5) is 11.2. The van der Waals surface area contributed by atoms with Gasteiger partial charge in [0.1, 0.15) is 12.0 Å². The van der Waals surface area contributed by atoms with Gasteiger partial charge in [0, 0.05) is 24.8 Å². The van der Waals surface area contributed by atoms with Crippen LogP contribution in [0.4, 0.5) is 8.78 Å². The number of aromatic nitrogens is 2. The summed E-state index contributed by atoms with van der Waals surface area (Å²) in [7, 11) is 1.58. The maximum Gasteiger partial charge on any atom is 0.286 e. The second-order valence-electron chi connectivity index (χ2n) is 6.69. The Kier molecular flexibility index (Phi) is 2.82. The summed E-state index contributed by atoms with van der Waals surface area (Å²) in [5.74, 6) is -2.87. The number of halogens is 2. The lowest BCUT2D eigenvalue weighted by atomic mass is 9.53. The highest BCUT2D eigenvalue weighted by Crippen LogP contribution is 2.56. The maximum absolute atomic E-state index is 13.5. The molecule has 3 nitrogen and oxygen atoms in total. The number of hydrogen-bond acceptors (Lipinski definition) is 2. The molecular formula is C15H20F2N2O. The Labute approximate surface area is 117 Å². The van der Waals surface area contributed by atoms with E-state index in [1.165, 1.54) is 4.68 Å². The van der Waals surface area contributed by atoms with Crippen molar-refractivity contribution in [2.75, 3.05) is 0 Å². The van der Waals surface area contributed by atoms with Gasteiger partial charge in [0.15, 0.2) is 0 Å². The van der Waals surface area contributed by atoms with E-state index in [-0.39, 0.29) is 16.5 Å². The topological polar surface area (TPSA) is 34.9 Å². The Bertz CT molecular complexity index is 520. The number of nitrogens with zero attached hydrogens (tertiary/aromatic N) is 2. The number of carbonyl (C=O) groups excluding carboxylic acids is 1. The molecule has 0 aliphatic heterocycles. The van der Waals surface area contributed by atoms with Crippen LogP contribution in [-0.4, -0.2) is 16.1 Å². The molecule has 1 aromatic rings. The first-order valence-electron chi connectivity index (χ1n) is 7.20. The van der Waals surface area contributed by atoms with Gasteiger partial charge >= 0.3 is 0 Å². The molecule has 5 heteroatoms. The van der Waals surface area contributed by atoms with Crippen molar-refractivity contribution in [3.05, 3.63) is 17.5 Å². The van der Waals surface area contributed by atoms with Gasteiger partial charge in [-0.3, -0.25) is 4.68 Å². The van der Waals surface area contributed by atoms with E-state index in [2.05, 4.69) is 5.10 Å². The largest absolute Gasteiger partial charge is 0.303 e. The van der Waals surface area contributed by atoms with E-state index in [9.17, 15) is 13.6 Å². The van der Waals surface area contributed by atoms with E-state index in [0.29, 0.717) is 0 Å². The Morgan fingerprint density at radius 3 is 2.20 bits per heavy atom. The van der Waals surface area contributed by atoms with E-state index in [1.807, 2.05) is 0 Å². The van der Waals surface area contributed by atoms with Crippen molar-refractivity contribution < 1.29 is 13.6 Å². The van der Waals surface area contributed by atoms with Crippen molar-refractivity contribution in [3.8, 4) is 0 Å². The predicted molar refractivity (Wildman–Crippen MR) is 70.7 cm³/mol. The molecule has 3 aliphatic rings. The van der Waals surface area contributed by atoms with Crippen LogP contribution in [0.15, 0.2) is 6.07 Å². The molecule has 3 saturated carbocycles. The fourth-order valence-corrected chi connectivity index (χ4v) is 3.91. The van der Waals surface area contributed by atoms with Gasteiger partial charge in [-0.1, -0.05) is 0 Å². The number of aldehydes is 1. The number of rotatable bonds is 3. The number of aryl methyl sites for hydroxylation is 1. The van der Waals surface area contributed by atoms with Gasteiger partial charge in [-0.05, 0) is 44.6 Å². The summed E-state index contributed by atoms with van der Waals surface area (Å²) in [5, 5.41) is 4.37. The van der Waals surface area contributed by atoms with Crippen LogP contribution >= 0.6 is 0 Å². The normalized spacial score (nSPS) is 33.4. The van der Waals surface area contributed by atoms with Gasteiger partial charge < -0.3 is 4.79 Å². The van der Waals surface area contributed by atoms with Crippen LogP contribution in [-0.2, 0) is 23.2 Å². The molecule has 0 saturated heterocycles. The highest BCUT2D eigenvalue weighted by atomic mass is 19.3. The molecule has 3 fully saturated rings. The van der Waals surface area contributed by atoms with E-state index >= 15 is 0 Å². The average molecular weight is 282 g/mol. The summed E-state index contributed by atoms with van der Waals surface area (Å²) in [6.45, 7) is 0.907. The van der Waals surface area contributed by atoms with Crippen LogP contribution in [0.25, 0.3) is 0 Å². The zero-order valence-corrected chi connectivity index (χ0v) is 12.0. The van der Waals surface area contributed by atoms with Crippen LogP contribution in [0, 0.1) is 5.41 Å². The molecule has 20 heavy (non-hydrogen) atoms. The van der Waals surface area contributed by atoms with Crippen molar-refractivity contribution in [1.29, 1.82) is 0 Å². The molecule has 0 aromatic carbocycles. The molecule has 0 amide bonds. The van der Waals surface area contributed by atoms with Crippen LogP contribution in [0.3, 0.4) is 0 Å². The summed E-state index contributed by atoms with van der Waals surface area (Å²) in [6, 6.07) is 1.57. The lowest BCUT2D eigenvalue weighted by molar-refractivity contribution is -0.122. The SMILES string of the molecule is Cn1nc(C23CCC(C=O)(CC2)CC3)cc1C(C)(F)F. The minimum atomic E-state index is -2.87. The average Bonchev–Trinajstić information content (AvgIpc) is 2.84. The molecule has 0 spiro atoms. The van der Waals surface area contributed by atoms with Crippen molar-refractivity contribution in [2.45, 2.75) is 56.8 Å². The second-order valence-corrected chi connectivity index (χ2v) is 6.69. The highest BCUT2D eigenvalue weighted by molar-refractivity contribution is 5.60. The van der Waals surface area contributed by atoms with E-state index in [1.54, 1.807) is 13.1 Å². The molecule has 0 unspecified atom stereocenters. The summed E-state index contributed by atoms with van der Waals surface area (Å²) in [6.07, 6.45) is 6.37. The first kappa shape index (κ1) is 13.7. The molecule has 2 bridgehead atoms. The van der Waals surface area contributed by atoms with Crippen LogP contribution in [0.1, 0.15) is 56.8 Å². The summed E-state index contributed by atoms with van der Waals surface area (Å²) >= 11 is 0.